The third kappa shape index (κ3) is 2.48. The van der Waals surface area contributed by atoms with Crippen LogP contribution in [0.5, 0.6) is 0 Å². The molecular formula is C13H18ClN3O. The third-order valence-electron chi connectivity index (χ3n) is 4.06. The van der Waals surface area contributed by atoms with E-state index in [-0.39, 0.29) is 5.15 Å². The Morgan fingerprint density at radius 2 is 2.11 bits per heavy atom. The van der Waals surface area contributed by atoms with Crippen LogP contribution >= 0.6 is 11.6 Å². The maximum atomic E-state index is 11.1. The van der Waals surface area contributed by atoms with Crippen LogP contribution in [0, 0.1) is 5.41 Å². The Labute approximate surface area is 112 Å². The van der Waals surface area contributed by atoms with Crippen molar-refractivity contribution in [2.75, 3.05) is 18.0 Å². The first-order chi connectivity index (χ1) is 8.59. The maximum Gasteiger partial charge on any atom is 0.156 e. The van der Waals surface area contributed by atoms with Crippen LogP contribution < -0.4 is 4.90 Å². The van der Waals surface area contributed by atoms with E-state index in [0.29, 0.717) is 16.8 Å². The van der Waals surface area contributed by atoms with E-state index in [1.165, 1.54) is 12.7 Å². The molecule has 0 radical (unpaired) electrons. The van der Waals surface area contributed by atoms with Gasteiger partial charge >= 0.3 is 0 Å². The van der Waals surface area contributed by atoms with Gasteiger partial charge in [0.1, 0.15) is 17.3 Å². The summed E-state index contributed by atoms with van der Waals surface area (Å²) in [6.45, 7) is 6.38. The highest BCUT2D eigenvalue weighted by molar-refractivity contribution is 6.32. The van der Waals surface area contributed by atoms with E-state index >= 15 is 0 Å². The molecule has 98 valence electrons. The predicted octanol–water partition coefficient (Wildman–Crippen LogP) is 2.96. The van der Waals surface area contributed by atoms with Gasteiger partial charge in [-0.2, -0.15) is 0 Å². The number of piperidine rings is 1. The molecule has 0 amide bonds. The Morgan fingerprint density at radius 3 is 2.67 bits per heavy atom. The van der Waals surface area contributed by atoms with Gasteiger partial charge in [0.15, 0.2) is 6.29 Å². The van der Waals surface area contributed by atoms with Crippen molar-refractivity contribution in [3.8, 4) is 0 Å². The van der Waals surface area contributed by atoms with Crippen LogP contribution in [-0.2, 0) is 0 Å². The molecule has 0 saturated carbocycles. The SMILES string of the molecule is CCC1(C)CCN(c2ncnc(Cl)c2C=O)CC1. The lowest BCUT2D eigenvalue weighted by molar-refractivity contribution is 0.112. The van der Waals surface area contributed by atoms with Crippen molar-refractivity contribution in [1.82, 2.24) is 9.97 Å². The molecule has 0 aliphatic carbocycles. The fourth-order valence-electron chi connectivity index (χ4n) is 2.33. The second-order valence-electron chi connectivity index (χ2n) is 5.17. The van der Waals surface area contributed by atoms with Gasteiger partial charge in [0.05, 0.1) is 5.56 Å². The number of nitrogens with zero attached hydrogens (tertiary/aromatic N) is 3. The molecular weight excluding hydrogens is 250 g/mol. The molecule has 0 unspecified atom stereocenters. The lowest BCUT2D eigenvalue weighted by Crippen LogP contribution is -2.39. The van der Waals surface area contributed by atoms with Crippen LogP contribution in [0.1, 0.15) is 43.5 Å². The molecule has 1 aromatic rings. The van der Waals surface area contributed by atoms with Gasteiger partial charge in [-0.05, 0) is 18.3 Å². The number of carbonyl (C=O) groups excluding carboxylic acids is 1. The highest BCUT2D eigenvalue weighted by atomic mass is 35.5. The number of carbonyl (C=O) groups is 1. The Hall–Kier alpha value is -1.16. The molecule has 2 rings (SSSR count). The van der Waals surface area contributed by atoms with Crippen LogP contribution in [0.2, 0.25) is 5.15 Å². The Bertz CT molecular complexity index is 442. The Balaban J connectivity index is 2.20. The van der Waals surface area contributed by atoms with E-state index in [1.807, 2.05) is 0 Å². The average molecular weight is 268 g/mol. The van der Waals surface area contributed by atoms with E-state index in [0.717, 1.165) is 32.2 Å². The molecule has 1 aliphatic rings. The van der Waals surface area contributed by atoms with Gasteiger partial charge in [0, 0.05) is 13.1 Å². The van der Waals surface area contributed by atoms with Crippen LogP contribution in [0.3, 0.4) is 0 Å². The van der Waals surface area contributed by atoms with Gasteiger partial charge in [0.2, 0.25) is 0 Å². The summed E-state index contributed by atoms with van der Waals surface area (Å²) in [5, 5.41) is 0.235. The van der Waals surface area contributed by atoms with Crippen molar-refractivity contribution in [1.29, 1.82) is 0 Å². The normalized spacial score (nSPS) is 18.7. The fourth-order valence-corrected chi connectivity index (χ4v) is 2.50. The first-order valence-electron chi connectivity index (χ1n) is 6.30. The number of aromatic nitrogens is 2. The Kier molecular flexibility index (Phi) is 3.85. The molecule has 1 fully saturated rings. The minimum Gasteiger partial charge on any atom is -0.356 e. The number of hydrogen-bond donors (Lipinski definition) is 0. The number of hydrogen-bond acceptors (Lipinski definition) is 4. The smallest absolute Gasteiger partial charge is 0.156 e. The van der Waals surface area contributed by atoms with Crippen LogP contribution in [-0.4, -0.2) is 29.3 Å². The highest BCUT2D eigenvalue weighted by Crippen LogP contribution is 2.36. The van der Waals surface area contributed by atoms with E-state index in [9.17, 15) is 4.79 Å². The molecule has 18 heavy (non-hydrogen) atoms. The van der Waals surface area contributed by atoms with Crippen molar-refractivity contribution in [3.05, 3.63) is 17.0 Å². The Morgan fingerprint density at radius 1 is 1.44 bits per heavy atom. The summed E-state index contributed by atoms with van der Waals surface area (Å²) in [4.78, 5) is 21.3. The lowest BCUT2D eigenvalue weighted by atomic mass is 9.78. The van der Waals surface area contributed by atoms with E-state index in [4.69, 9.17) is 11.6 Å². The van der Waals surface area contributed by atoms with Crippen LogP contribution in [0.4, 0.5) is 5.82 Å². The van der Waals surface area contributed by atoms with Gasteiger partial charge in [-0.25, -0.2) is 9.97 Å². The van der Waals surface area contributed by atoms with Crippen LogP contribution in [0.15, 0.2) is 6.33 Å². The second-order valence-corrected chi connectivity index (χ2v) is 5.53. The standard InChI is InChI=1S/C13H18ClN3O/c1-3-13(2)4-6-17(7-5-13)12-10(8-18)11(14)15-9-16-12/h8-9H,3-7H2,1-2H3. The molecule has 5 heteroatoms. The van der Waals surface area contributed by atoms with Gasteiger partial charge in [-0.1, -0.05) is 31.9 Å². The number of halogens is 1. The van der Waals surface area contributed by atoms with Crippen molar-refractivity contribution >= 4 is 23.7 Å². The molecule has 1 saturated heterocycles. The first-order valence-corrected chi connectivity index (χ1v) is 6.68. The van der Waals surface area contributed by atoms with Crippen molar-refractivity contribution < 1.29 is 4.79 Å². The molecule has 0 atom stereocenters. The molecule has 1 aromatic heterocycles. The predicted molar refractivity (Wildman–Crippen MR) is 72.3 cm³/mol. The van der Waals surface area contributed by atoms with Crippen molar-refractivity contribution in [2.45, 2.75) is 33.1 Å². The largest absolute Gasteiger partial charge is 0.356 e. The third-order valence-corrected chi connectivity index (χ3v) is 4.36. The van der Waals surface area contributed by atoms with Crippen molar-refractivity contribution in [3.63, 3.8) is 0 Å². The van der Waals surface area contributed by atoms with Crippen LogP contribution in [0.25, 0.3) is 0 Å². The summed E-state index contributed by atoms with van der Waals surface area (Å²) in [5.74, 6) is 0.670. The maximum absolute atomic E-state index is 11.1. The number of aldehydes is 1. The minimum atomic E-state index is 0.235. The molecule has 1 aliphatic heterocycles. The fraction of sp³-hybridized carbons (Fsp3) is 0.615. The molecule has 0 N–H and O–H groups in total. The van der Waals surface area contributed by atoms with Crippen molar-refractivity contribution in [2.24, 2.45) is 5.41 Å². The molecule has 4 nitrogen and oxygen atoms in total. The highest BCUT2D eigenvalue weighted by Gasteiger charge is 2.29. The lowest BCUT2D eigenvalue weighted by Gasteiger charge is -2.39. The van der Waals surface area contributed by atoms with Gasteiger partial charge in [0.25, 0.3) is 0 Å². The monoisotopic (exact) mass is 267 g/mol. The van der Waals surface area contributed by atoms with E-state index in [1.54, 1.807) is 0 Å². The average Bonchev–Trinajstić information content (AvgIpc) is 2.39. The quantitative estimate of drug-likeness (QED) is 0.624. The number of anilines is 1. The van der Waals surface area contributed by atoms with E-state index in [2.05, 4.69) is 28.7 Å². The van der Waals surface area contributed by atoms with Gasteiger partial charge in [-0.3, -0.25) is 4.79 Å². The molecule has 2 heterocycles. The summed E-state index contributed by atoms with van der Waals surface area (Å²) < 4.78 is 0. The topological polar surface area (TPSA) is 46.1 Å². The van der Waals surface area contributed by atoms with Gasteiger partial charge < -0.3 is 4.90 Å². The summed E-state index contributed by atoms with van der Waals surface area (Å²) in [5.41, 5.74) is 0.813. The molecule has 0 aromatic carbocycles. The molecule has 0 spiro atoms. The minimum absolute atomic E-state index is 0.235. The summed E-state index contributed by atoms with van der Waals surface area (Å²) in [6.07, 6.45) is 5.57. The molecule has 0 bridgehead atoms. The summed E-state index contributed by atoms with van der Waals surface area (Å²) in [7, 11) is 0. The summed E-state index contributed by atoms with van der Waals surface area (Å²) in [6, 6.07) is 0. The van der Waals surface area contributed by atoms with E-state index < -0.39 is 0 Å². The zero-order chi connectivity index (χ0) is 13.2. The summed E-state index contributed by atoms with van der Waals surface area (Å²) >= 11 is 5.92. The number of rotatable bonds is 3. The first kappa shape index (κ1) is 13.3. The van der Waals surface area contributed by atoms with Gasteiger partial charge in [-0.15, -0.1) is 0 Å². The zero-order valence-corrected chi connectivity index (χ0v) is 11.6. The second kappa shape index (κ2) is 5.22. The zero-order valence-electron chi connectivity index (χ0n) is 10.8.